The van der Waals surface area contributed by atoms with Gasteiger partial charge in [0.15, 0.2) is 5.96 Å². The van der Waals surface area contributed by atoms with E-state index in [1.54, 1.807) is 0 Å². The minimum absolute atomic E-state index is 0. The molecule has 2 N–H and O–H groups in total. The summed E-state index contributed by atoms with van der Waals surface area (Å²) in [6, 6.07) is 2.59. The lowest BCUT2D eigenvalue weighted by Gasteiger charge is -2.11. The third-order valence-electron chi connectivity index (χ3n) is 3.62. The molecule has 0 radical (unpaired) electrons. The highest BCUT2D eigenvalue weighted by molar-refractivity contribution is 14.0. The molecule has 0 bridgehead atoms. The first-order valence-electron chi connectivity index (χ1n) is 7.85. The standard InChI is InChI=1S/C15H27N5.HI/c1-3-7-13-12-14(13)19-15(16-4-2)17-8-5-10-20-11-6-9-18-20;/h6,9,11,13-14H,3-5,7-8,10,12H2,1-2H3,(H2,16,17,19);1H. The first-order valence-corrected chi connectivity index (χ1v) is 7.85. The Morgan fingerprint density at radius 3 is 2.95 bits per heavy atom. The number of rotatable bonds is 8. The van der Waals surface area contributed by atoms with Crippen LogP contribution in [0.2, 0.25) is 0 Å². The Hall–Kier alpha value is -0.790. The fourth-order valence-corrected chi connectivity index (χ4v) is 2.47. The molecule has 5 nitrogen and oxygen atoms in total. The second-order valence-corrected chi connectivity index (χ2v) is 5.42. The number of guanidine groups is 1. The average molecular weight is 405 g/mol. The van der Waals surface area contributed by atoms with E-state index < -0.39 is 0 Å². The van der Waals surface area contributed by atoms with Crippen LogP contribution in [0, 0.1) is 5.92 Å². The lowest BCUT2D eigenvalue weighted by molar-refractivity contribution is 0.583. The van der Waals surface area contributed by atoms with Crippen LogP contribution < -0.4 is 10.6 Å². The van der Waals surface area contributed by atoms with Crippen molar-refractivity contribution in [1.29, 1.82) is 0 Å². The molecule has 21 heavy (non-hydrogen) atoms. The topological polar surface area (TPSA) is 54.2 Å². The van der Waals surface area contributed by atoms with Crippen LogP contribution in [0.1, 0.15) is 39.5 Å². The van der Waals surface area contributed by atoms with Crippen LogP contribution in [0.15, 0.2) is 23.5 Å². The molecule has 0 aromatic carbocycles. The number of halogens is 1. The molecular formula is C15H28IN5. The molecule has 2 rings (SSSR count). The first kappa shape index (κ1) is 18.3. The monoisotopic (exact) mass is 405 g/mol. The third-order valence-corrected chi connectivity index (χ3v) is 3.62. The van der Waals surface area contributed by atoms with E-state index in [1.807, 2.05) is 23.1 Å². The molecule has 2 atom stereocenters. The maximum absolute atomic E-state index is 4.64. The van der Waals surface area contributed by atoms with Crippen LogP contribution in [0.25, 0.3) is 0 Å². The van der Waals surface area contributed by atoms with Crippen LogP contribution >= 0.6 is 24.0 Å². The normalized spacial score (nSPS) is 20.8. The zero-order chi connectivity index (χ0) is 14.2. The zero-order valence-corrected chi connectivity index (χ0v) is 15.4. The molecule has 1 fully saturated rings. The number of nitrogens with zero attached hydrogens (tertiary/aromatic N) is 3. The molecule has 0 aliphatic heterocycles. The predicted molar refractivity (Wildman–Crippen MR) is 98.2 cm³/mol. The molecule has 1 saturated carbocycles. The Morgan fingerprint density at radius 1 is 1.43 bits per heavy atom. The quantitative estimate of drug-likeness (QED) is 0.303. The van der Waals surface area contributed by atoms with Gasteiger partial charge in [-0.05, 0) is 38.2 Å². The summed E-state index contributed by atoms with van der Waals surface area (Å²) < 4.78 is 1.95. The zero-order valence-electron chi connectivity index (χ0n) is 13.1. The highest BCUT2D eigenvalue weighted by atomic mass is 127. The van der Waals surface area contributed by atoms with Crippen molar-refractivity contribution in [2.24, 2.45) is 10.9 Å². The second kappa shape index (κ2) is 10.0. The molecule has 1 heterocycles. The molecular weight excluding hydrogens is 377 g/mol. The molecule has 0 amide bonds. The number of aryl methyl sites for hydroxylation is 1. The minimum Gasteiger partial charge on any atom is -0.357 e. The molecule has 0 saturated heterocycles. The van der Waals surface area contributed by atoms with Crippen molar-refractivity contribution in [3.8, 4) is 0 Å². The minimum atomic E-state index is 0. The van der Waals surface area contributed by atoms with Crippen LogP contribution in [0.3, 0.4) is 0 Å². The Morgan fingerprint density at radius 2 is 2.29 bits per heavy atom. The number of aromatic nitrogens is 2. The molecule has 1 aromatic heterocycles. The van der Waals surface area contributed by atoms with E-state index in [0.717, 1.165) is 37.9 Å². The van der Waals surface area contributed by atoms with Crippen molar-refractivity contribution in [3.05, 3.63) is 18.5 Å². The fraction of sp³-hybridized carbons (Fsp3) is 0.733. The van der Waals surface area contributed by atoms with Gasteiger partial charge in [-0.25, -0.2) is 0 Å². The van der Waals surface area contributed by atoms with E-state index in [-0.39, 0.29) is 24.0 Å². The molecule has 1 aliphatic carbocycles. The summed E-state index contributed by atoms with van der Waals surface area (Å²) in [7, 11) is 0. The van der Waals surface area contributed by atoms with Gasteiger partial charge in [0.1, 0.15) is 0 Å². The number of aliphatic imine (C=N–C) groups is 1. The molecule has 1 aromatic rings. The highest BCUT2D eigenvalue weighted by Gasteiger charge is 2.36. The van der Waals surface area contributed by atoms with Crippen molar-refractivity contribution in [3.63, 3.8) is 0 Å². The third kappa shape index (κ3) is 6.67. The maximum atomic E-state index is 4.64. The van der Waals surface area contributed by atoms with Crippen molar-refractivity contribution >= 4 is 29.9 Å². The van der Waals surface area contributed by atoms with Gasteiger partial charge >= 0.3 is 0 Å². The van der Waals surface area contributed by atoms with Gasteiger partial charge in [0.2, 0.25) is 0 Å². The van der Waals surface area contributed by atoms with Gasteiger partial charge in [-0.2, -0.15) is 5.10 Å². The molecule has 0 spiro atoms. The van der Waals surface area contributed by atoms with Gasteiger partial charge in [0.05, 0.1) is 0 Å². The van der Waals surface area contributed by atoms with Gasteiger partial charge in [-0.1, -0.05) is 13.3 Å². The summed E-state index contributed by atoms with van der Waals surface area (Å²) in [6.45, 7) is 7.04. The molecule has 6 heteroatoms. The fourth-order valence-electron chi connectivity index (χ4n) is 2.47. The second-order valence-electron chi connectivity index (χ2n) is 5.42. The average Bonchev–Trinajstić information content (AvgIpc) is 2.96. The lowest BCUT2D eigenvalue weighted by atomic mass is 10.2. The molecule has 2 unspecified atom stereocenters. The number of nitrogens with one attached hydrogen (secondary N) is 2. The Balaban J connectivity index is 0.00000220. The van der Waals surface area contributed by atoms with Crippen molar-refractivity contribution < 1.29 is 0 Å². The Labute approximate surface area is 145 Å². The number of hydrogen-bond donors (Lipinski definition) is 2. The predicted octanol–water partition coefficient (Wildman–Crippen LogP) is 2.63. The van der Waals surface area contributed by atoms with E-state index in [4.69, 9.17) is 0 Å². The lowest BCUT2D eigenvalue weighted by Crippen LogP contribution is -2.39. The van der Waals surface area contributed by atoms with Gasteiger partial charge in [-0.15, -0.1) is 24.0 Å². The van der Waals surface area contributed by atoms with Crippen molar-refractivity contribution in [2.45, 2.75) is 52.1 Å². The van der Waals surface area contributed by atoms with Gasteiger partial charge < -0.3 is 10.6 Å². The van der Waals surface area contributed by atoms with E-state index >= 15 is 0 Å². The van der Waals surface area contributed by atoms with Crippen molar-refractivity contribution in [1.82, 2.24) is 20.4 Å². The SMILES string of the molecule is CCCC1CC1NC(=NCCCn1cccn1)NCC.I. The summed E-state index contributed by atoms with van der Waals surface area (Å²) in [6.07, 6.45) is 8.73. The van der Waals surface area contributed by atoms with Crippen LogP contribution in [-0.2, 0) is 6.54 Å². The van der Waals surface area contributed by atoms with E-state index in [1.165, 1.54) is 19.3 Å². The smallest absolute Gasteiger partial charge is 0.191 e. The van der Waals surface area contributed by atoms with Crippen LogP contribution in [-0.4, -0.2) is 34.9 Å². The van der Waals surface area contributed by atoms with Crippen molar-refractivity contribution in [2.75, 3.05) is 13.1 Å². The van der Waals surface area contributed by atoms with Crippen LogP contribution in [0.5, 0.6) is 0 Å². The summed E-state index contributed by atoms with van der Waals surface area (Å²) in [5.41, 5.74) is 0. The molecule has 1 aliphatic rings. The maximum Gasteiger partial charge on any atom is 0.191 e. The van der Waals surface area contributed by atoms with Gasteiger partial charge in [0.25, 0.3) is 0 Å². The van der Waals surface area contributed by atoms with Gasteiger partial charge in [0, 0.05) is 38.1 Å². The Kier molecular flexibility index (Phi) is 8.72. The summed E-state index contributed by atoms with van der Waals surface area (Å²) in [5, 5.41) is 11.1. The summed E-state index contributed by atoms with van der Waals surface area (Å²) in [5.74, 6) is 1.82. The summed E-state index contributed by atoms with van der Waals surface area (Å²) in [4.78, 5) is 4.64. The Bertz CT molecular complexity index is 404. The number of hydrogen-bond acceptors (Lipinski definition) is 2. The van der Waals surface area contributed by atoms with Crippen LogP contribution in [0.4, 0.5) is 0 Å². The molecule has 120 valence electrons. The van der Waals surface area contributed by atoms with E-state index in [9.17, 15) is 0 Å². The largest absolute Gasteiger partial charge is 0.357 e. The van der Waals surface area contributed by atoms with E-state index in [0.29, 0.717) is 6.04 Å². The van der Waals surface area contributed by atoms with E-state index in [2.05, 4.69) is 34.6 Å². The summed E-state index contributed by atoms with van der Waals surface area (Å²) >= 11 is 0. The highest BCUT2D eigenvalue weighted by Crippen LogP contribution is 2.34. The first-order chi connectivity index (χ1) is 9.83. The van der Waals surface area contributed by atoms with Gasteiger partial charge in [-0.3, -0.25) is 9.67 Å².